The number of Topliss-reactive ketones (excluding diaryl/α,β-unsaturated/α-hetero) is 1. The Labute approximate surface area is 174 Å². The average molecular weight is 410 g/mol. The van der Waals surface area contributed by atoms with Crippen LogP contribution >= 0.6 is 11.8 Å². The van der Waals surface area contributed by atoms with Gasteiger partial charge in [-0.25, -0.2) is 0 Å². The highest BCUT2D eigenvalue weighted by molar-refractivity contribution is 7.99. The Morgan fingerprint density at radius 3 is 2.34 bits per heavy atom. The highest BCUT2D eigenvalue weighted by Gasteiger charge is 2.14. The molecule has 0 unspecified atom stereocenters. The third-order valence-corrected chi connectivity index (χ3v) is 5.17. The second kappa shape index (κ2) is 9.05. The zero-order valence-corrected chi connectivity index (χ0v) is 17.7. The molecule has 0 saturated carbocycles. The van der Waals surface area contributed by atoms with Gasteiger partial charge in [-0.15, -0.1) is 10.2 Å². The van der Waals surface area contributed by atoms with Crippen LogP contribution in [0.25, 0.3) is 11.5 Å². The van der Waals surface area contributed by atoms with Crippen molar-refractivity contribution in [3.05, 3.63) is 64.7 Å². The molecular weight excluding hydrogens is 386 g/mol. The third-order valence-electron chi connectivity index (χ3n) is 4.35. The number of carbonyl (C=O) groups is 2. The van der Waals surface area contributed by atoms with Crippen molar-refractivity contribution in [2.75, 3.05) is 5.75 Å². The van der Waals surface area contributed by atoms with Gasteiger partial charge < -0.3 is 9.73 Å². The summed E-state index contributed by atoms with van der Waals surface area (Å²) in [6, 6.07) is 13.2. The number of aromatic nitrogens is 2. The summed E-state index contributed by atoms with van der Waals surface area (Å²) >= 11 is 1.22. The van der Waals surface area contributed by atoms with E-state index < -0.39 is 0 Å². The maximum Gasteiger partial charge on any atom is 0.277 e. The van der Waals surface area contributed by atoms with Gasteiger partial charge in [0, 0.05) is 18.1 Å². The number of amides is 1. The van der Waals surface area contributed by atoms with E-state index in [1.807, 2.05) is 45.0 Å². The van der Waals surface area contributed by atoms with Crippen LogP contribution in [0, 0.1) is 13.8 Å². The minimum atomic E-state index is -0.104. The van der Waals surface area contributed by atoms with Gasteiger partial charge >= 0.3 is 0 Å². The summed E-state index contributed by atoms with van der Waals surface area (Å²) in [5, 5.41) is 11.3. The second-order valence-corrected chi connectivity index (χ2v) is 7.93. The van der Waals surface area contributed by atoms with Crippen LogP contribution in [0.3, 0.4) is 0 Å². The maximum absolute atomic E-state index is 12.5. The maximum atomic E-state index is 12.5. The van der Waals surface area contributed by atoms with Crippen molar-refractivity contribution >= 4 is 23.5 Å². The van der Waals surface area contributed by atoms with E-state index in [4.69, 9.17) is 4.42 Å². The average Bonchev–Trinajstić information content (AvgIpc) is 3.14. The molecule has 1 atom stereocenters. The monoisotopic (exact) mass is 409 g/mol. The Kier molecular flexibility index (Phi) is 6.49. The lowest BCUT2D eigenvalue weighted by molar-refractivity contribution is -0.119. The highest BCUT2D eigenvalue weighted by Crippen LogP contribution is 2.25. The van der Waals surface area contributed by atoms with Crippen molar-refractivity contribution in [1.29, 1.82) is 0 Å². The SMILES string of the molecule is CC(=O)N[C@@H](C)c1ccc(C(=O)CSc2nnc(-c3cc(C)cc(C)c3)o2)cc1. The molecule has 0 aliphatic rings. The molecule has 0 saturated heterocycles. The molecule has 1 aromatic heterocycles. The van der Waals surface area contributed by atoms with Gasteiger partial charge in [0.15, 0.2) is 5.78 Å². The molecule has 0 aliphatic carbocycles. The lowest BCUT2D eigenvalue weighted by atomic mass is 10.0. The first-order valence-corrected chi connectivity index (χ1v) is 10.3. The Balaban J connectivity index is 1.61. The van der Waals surface area contributed by atoms with Crippen LogP contribution in [-0.4, -0.2) is 27.6 Å². The first-order valence-electron chi connectivity index (χ1n) is 9.27. The van der Waals surface area contributed by atoms with Crippen LogP contribution in [0.4, 0.5) is 0 Å². The van der Waals surface area contributed by atoms with Crippen molar-refractivity contribution in [3.63, 3.8) is 0 Å². The number of benzene rings is 2. The summed E-state index contributed by atoms with van der Waals surface area (Å²) in [6.07, 6.45) is 0. The molecule has 1 amide bonds. The van der Waals surface area contributed by atoms with Crippen molar-refractivity contribution in [2.24, 2.45) is 0 Å². The van der Waals surface area contributed by atoms with Gasteiger partial charge in [0.1, 0.15) is 0 Å². The molecule has 1 N–H and O–H groups in total. The summed E-state index contributed by atoms with van der Waals surface area (Å²) in [5.41, 5.74) is 4.67. The molecule has 6 nitrogen and oxygen atoms in total. The van der Waals surface area contributed by atoms with E-state index in [0.717, 1.165) is 22.3 Å². The van der Waals surface area contributed by atoms with Crippen molar-refractivity contribution in [2.45, 2.75) is 39.0 Å². The largest absolute Gasteiger partial charge is 0.411 e. The van der Waals surface area contributed by atoms with E-state index >= 15 is 0 Å². The lowest BCUT2D eigenvalue weighted by Crippen LogP contribution is -2.23. The van der Waals surface area contributed by atoms with Crippen LogP contribution in [0.15, 0.2) is 52.1 Å². The van der Waals surface area contributed by atoms with E-state index in [2.05, 4.69) is 21.6 Å². The first kappa shape index (κ1) is 20.8. The highest BCUT2D eigenvalue weighted by atomic mass is 32.2. The minimum Gasteiger partial charge on any atom is -0.411 e. The normalized spacial score (nSPS) is 11.9. The molecule has 2 aromatic carbocycles. The lowest BCUT2D eigenvalue weighted by Gasteiger charge is -2.13. The molecule has 3 rings (SSSR count). The summed E-state index contributed by atoms with van der Waals surface area (Å²) in [4.78, 5) is 23.6. The van der Waals surface area contributed by atoms with E-state index in [9.17, 15) is 9.59 Å². The fourth-order valence-electron chi connectivity index (χ4n) is 3.04. The van der Waals surface area contributed by atoms with Crippen molar-refractivity contribution < 1.29 is 14.0 Å². The number of hydrogen-bond acceptors (Lipinski definition) is 6. The molecule has 0 bridgehead atoms. The van der Waals surface area contributed by atoms with Crippen LogP contribution in [0.5, 0.6) is 0 Å². The number of carbonyl (C=O) groups excluding carboxylic acids is 2. The van der Waals surface area contributed by atoms with Gasteiger partial charge in [-0.05, 0) is 38.5 Å². The zero-order valence-electron chi connectivity index (χ0n) is 16.9. The number of ketones is 1. The Bertz CT molecular complexity index is 1010. The zero-order chi connectivity index (χ0) is 21.0. The van der Waals surface area contributed by atoms with Crippen molar-refractivity contribution in [1.82, 2.24) is 15.5 Å². The summed E-state index contributed by atoms with van der Waals surface area (Å²) in [5.74, 6) is 0.534. The van der Waals surface area contributed by atoms with Gasteiger partial charge in [0.25, 0.3) is 5.22 Å². The first-order chi connectivity index (χ1) is 13.8. The van der Waals surface area contributed by atoms with Crippen LogP contribution in [0.2, 0.25) is 0 Å². The minimum absolute atomic E-state index is 0.0279. The van der Waals surface area contributed by atoms with Crippen LogP contribution < -0.4 is 5.32 Å². The predicted molar refractivity (Wildman–Crippen MR) is 113 cm³/mol. The molecule has 150 valence electrons. The number of rotatable bonds is 7. The molecule has 7 heteroatoms. The molecular formula is C22H23N3O3S. The van der Waals surface area contributed by atoms with E-state index in [1.165, 1.54) is 18.7 Å². The third kappa shape index (κ3) is 5.54. The number of thioether (sulfide) groups is 1. The Morgan fingerprint density at radius 1 is 1.07 bits per heavy atom. The van der Waals surface area contributed by atoms with Crippen molar-refractivity contribution in [3.8, 4) is 11.5 Å². The quantitative estimate of drug-likeness (QED) is 0.456. The smallest absolute Gasteiger partial charge is 0.277 e. The number of nitrogens with zero attached hydrogens (tertiary/aromatic N) is 2. The summed E-state index contributed by atoms with van der Waals surface area (Å²) in [6.45, 7) is 7.42. The van der Waals surface area contributed by atoms with Gasteiger partial charge in [0.2, 0.25) is 11.8 Å². The fraction of sp³-hybridized carbons (Fsp3) is 0.273. The predicted octanol–water partition coefficient (Wildman–Crippen LogP) is 4.53. The van der Waals surface area contributed by atoms with Gasteiger partial charge in [0.05, 0.1) is 11.8 Å². The van der Waals surface area contributed by atoms with Crippen LogP contribution in [0.1, 0.15) is 46.9 Å². The van der Waals surface area contributed by atoms with Gasteiger partial charge in [-0.1, -0.05) is 53.2 Å². The van der Waals surface area contributed by atoms with E-state index in [1.54, 1.807) is 12.1 Å². The standard InChI is InChI=1S/C22H23N3O3S/c1-13-9-14(2)11-19(10-13)21-24-25-22(28-21)29-12-20(27)18-7-5-17(6-8-18)15(3)23-16(4)26/h5-11,15H,12H2,1-4H3,(H,23,26)/t15-/m0/s1. The molecule has 0 aliphatic heterocycles. The summed E-state index contributed by atoms with van der Waals surface area (Å²) < 4.78 is 5.70. The molecule has 3 aromatic rings. The Morgan fingerprint density at radius 2 is 1.72 bits per heavy atom. The fourth-order valence-corrected chi connectivity index (χ4v) is 3.70. The number of aryl methyl sites for hydroxylation is 2. The van der Waals surface area contributed by atoms with E-state index in [0.29, 0.717) is 16.7 Å². The number of nitrogens with one attached hydrogen (secondary N) is 1. The molecule has 0 fully saturated rings. The summed E-state index contributed by atoms with van der Waals surface area (Å²) in [7, 11) is 0. The van der Waals surface area contributed by atoms with Gasteiger partial charge in [-0.2, -0.15) is 0 Å². The number of hydrogen-bond donors (Lipinski definition) is 1. The van der Waals surface area contributed by atoms with Gasteiger partial charge in [-0.3, -0.25) is 9.59 Å². The van der Waals surface area contributed by atoms with E-state index in [-0.39, 0.29) is 23.5 Å². The topological polar surface area (TPSA) is 85.1 Å². The molecule has 0 spiro atoms. The van der Waals surface area contributed by atoms with Crippen LogP contribution in [-0.2, 0) is 4.79 Å². The second-order valence-electron chi connectivity index (χ2n) is 7.01. The molecule has 1 heterocycles. The Hall–Kier alpha value is -2.93. The molecule has 29 heavy (non-hydrogen) atoms. The molecule has 0 radical (unpaired) electrons.